The highest BCUT2D eigenvalue weighted by Crippen LogP contribution is 2.23. The molecule has 0 atom stereocenters. The van der Waals surface area contributed by atoms with Crippen molar-refractivity contribution in [3.05, 3.63) is 33.8 Å². The third-order valence-corrected chi connectivity index (χ3v) is 2.78. The topological polar surface area (TPSA) is 42.2 Å². The molecule has 0 fully saturated rings. The van der Waals surface area contributed by atoms with Crippen molar-refractivity contribution in [3.8, 4) is 0 Å². The van der Waals surface area contributed by atoms with E-state index in [1.54, 1.807) is 6.07 Å². The molecule has 0 saturated heterocycles. The summed E-state index contributed by atoms with van der Waals surface area (Å²) in [7, 11) is 0. The molecule has 0 spiro atoms. The molecule has 0 radical (unpaired) electrons. The first-order chi connectivity index (χ1) is 6.59. The van der Waals surface area contributed by atoms with Crippen LogP contribution in [-0.4, -0.2) is 15.8 Å². The third kappa shape index (κ3) is 1.37. The number of rotatable bonds is 0. The predicted molar refractivity (Wildman–Crippen MR) is 58.0 cm³/mol. The molecule has 2 rings (SSSR count). The van der Waals surface area contributed by atoms with E-state index in [4.69, 9.17) is 5.11 Å². The lowest BCUT2D eigenvalue weighted by Crippen LogP contribution is -2.05. The van der Waals surface area contributed by atoms with Crippen molar-refractivity contribution in [1.29, 1.82) is 0 Å². The smallest absolute Gasteiger partial charge is 0.416 e. The quantitative estimate of drug-likeness (QED) is 0.760. The van der Waals surface area contributed by atoms with Crippen molar-refractivity contribution in [3.63, 3.8) is 0 Å². The first-order valence-electron chi connectivity index (χ1n) is 3.79. The SMILES string of the molecule is O=C(O)n1cc(I)c2ccc(F)cc21. The van der Waals surface area contributed by atoms with Crippen LogP contribution in [0.2, 0.25) is 0 Å². The molecule has 1 aromatic carbocycles. The predicted octanol–water partition coefficient (Wildman–Crippen LogP) is 2.91. The van der Waals surface area contributed by atoms with E-state index in [0.29, 0.717) is 5.52 Å². The highest BCUT2D eigenvalue weighted by molar-refractivity contribution is 14.1. The van der Waals surface area contributed by atoms with Crippen LogP contribution < -0.4 is 0 Å². The molecule has 0 aliphatic rings. The van der Waals surface area contributed by atoms with E-state index < -0.39 is 11.9 Å². The van der Waals surface area contributed by atoms with Crippen LogP contribution in [0, 0.1) is 9.39 Å². The normalized spacial score (nSPS) is 10.7. The highest BCUT2D eigenvalue weighted by atomic mass is 127. The zero-order valence-corrected chi connectivity index (χ0v) is 9.03. The molecule has 1 N–H and O–H groups in total. The molecule has 0 aliphatic carbocycles. The summed E-state index contributed by atoms with van der Waals surface area (Å²) < 4.78 is 14.7. The van der Waals surface area contributed by atoms with Gasteiger partial charge in [-0.25, -0.2) is 9.18 Å². The number of benzene rings is 1. The molecule has 5 heteroatoms. The summed E-state index contributed by atoms with van der Waals surface area (Å²) in [5.74, 6) is -0.436. The number of hydrogen-bond acceptors (Lipinski definition) is 1. The average molecular weight is 305 g/mol. The van der Waals surface area contributed by atoms with Crippen molar-refractivity contribution >= 4 is 39.6 Å². The summed E-state index contributed by atoms with van der Waals surface area (Å²) in [5.41, 5.74) is 0.377. The molecule has 0 bridgehead atoms. The van der Waals surface area contributed by atoms with E-state index in [9.17, 15) is 9.18 Å². The molecule has 0 aliphatic heterocycles. The second-order valence-corrected chi connectivity index (χ2v) is 3.95. The van der Waals surface area contributed by atoms with Gasteiger partial charge in [-0.05, 0) is 40.8 Å². The Labute approximate surface area is 92.3 Å². The van der Waals surface area contributed by atoms with Gasteiger partial charge >= 0.3 is 6.09 Å². The van der Waals surface area contributed by atoms with Crippen LogP contribution in [0.3, 0.4) is 0 Å². The van der Waals surface area contributed by atoms with Crippen molar-refractivity contribution in [2.24, 2.45) is 0 Å². The van der Waals surface area contributed by atoms with Gasteiger partial charge in [0.2, 0.25) is 0 Å². The lowest BCUT2D eigenvalue weighted by Gasteiger charge is -1.96. The molecule has 2 aromatic rings. The number of carbonyl (C=O) groups is 1. The zero-order chi connectivity index (χ0) is 10.3. The van der Waals surface area contributed by atoms with Crippen LogP contribution >= 0.6 is 22.6 Å². The van der Waals surface area contributed by atoms with Crippen LogP contribution in [0.1, 0.15) is 0 Å². The summed E-state index contributed by atoms with van der Waals surface area (Å²) >= 11 is 2.02. The van der Waals surface area contributed by atoms with Crippen LogP contribution in [0.5, 0.6) is 0 Å². The first kappa shape index (κ1) is 9.45. The Bertz CT molecular complexity index is 521. The van der Waals surface area contributed by atoms with Crippen LogP contribution in [0.15, 0.2) is 24.4 Å². The lowest BCUT2D eigenvalue weighted by atomic mass is 10.2. The zero-order valence-electron chi connectivity index (χ0n) is 6.87. The molecule has 0 unspecified atom stereocenters. The molecular formula is C9H5FINO2. The Morgan fingerprint density at radius 1 is 1.50 bits per heavy atom. The van der Waals surface area contributed by atoms with Gasteiger partial charge in [-0.1, -0.05) is 0 Å². The van der Waals surface area contributed by atoms with Gasteiger partial charge in [-0.2, -0.15) is 0 Å². The average Bonchev–Trinajstić information content (AvgIpc) is 2.43. The fourth-order valence-electron chi connectivity index (χ4n) is 1.32. The van der Waals surface area contributed by atoms with Gasteiger partial charge in [0.05, 0.1) is 5.52 Å². The molecule has 3 nitrogen and oxygen atoms in total. The summed E-state index contributed by atoms with van der Waals surface area (Å²) in [4.78, 5) is 10.8. The van der Waals surface area contributed by atoms with Gasteiger partial charge < -0.3 is 5.11 Å². The Morgan fingerprint density at radius 2 is 2.21 bits per heavy atom. The Hall–Kier alpha value is -1.11. The molecule has 72 valence electrons. The van der Waals surface area contributed by atoms with Gasteiger partial charge in [-0.15, -0.1) is 0 Å². The Morgan fingerprint density at radius 3 is 2.86 bits per heavy atom. The molecule has 0 amide bonds. The second-order valence-electron chi connectivity index (χ2n) is 2.79. The minimum Gasteiger partial charge on any atom is -0.464 e. The van der Waals surface area contributed by atoms with E-state index in [0.717, 1.165) is 13.5 Å². The lowest BCUT2D eigenvalue weighted by molar-refractivity contribution is 0.197. The van der Waals surface area contributed by atoms with Gasteiger partial charge in [-0.3, -0.25) is 4.57 Å². The summed E-state index contributed by atoms with van der Waals surface area (Å²) in [6.45, 7) is 0. The first-order valence-corrected chi connectivity index (χ1v) is 4.87. The molecule has 14 heavy (non-hydrogen) atoms. The number of fused-ring (bicyclic) bond motifs is 1. The number of hydrogen-bond donors (Lipinski definition) is 1. The van der Waals surface area contributed by atoms with Gasteiger partial charge in [0.25, 0.3) is 0 Å². The number of carboxylic acid groups (broad SMARTS) is 1. The van der Waals surface area contributed by atoms with E-state index in [1.165, 1.54) is 18.3 Å². The number of aromatic nitrogens is 1. The van der Waals surface area contributed by atoms with Crippen LogP contribution in [-0.2, 0) is 0 Å². The molecular weight excluding hydrogens is 300 g/mol. The van der Waals surface area contributed by atoms with E-state index in [2.05, 4.69) is 0 Å². The second kappa shape index (κ2) is 3.23. The standard InChI is InChI=1S/C9H5FINO2/c10-5-1-2-6-7(11)4-12(9(13)14)8(6)3-5/h1-4H,(H,13,14). The fourth-order valence-corrected chi connectivity index (χ4v) is 2.05. The van der Waals surface area contributed by atoms with Crippen molar-refractivity contribution < 1.29 is 14.3 Å². The van der Waals surface area contributed by atoms with Crippen LogP contribution in [0.25, 0.3) is 10.9 Å². The minimum atomic E-state index is -1.11. The van der Waals surface area contributed by atoms with E-state index >= 15 is 0 Å². The minimum absolute atomic E-state index is 0.377. The third-order valence-electron chi connectivity index (χ3n) is 1.93. The maximum atomic E-state index is 12.9. The molecule has 0 saturated carbocycles. The van der Waals surface area contributed by atoms with Gasteiger partial charge in [0.1, 0.15) is 5.82 Å². The maximum absolute atomic E-state index is 12.9. The van der Waals surface area contributed by atoms with Crippen LogP contribution in [0.4, 0.5) is 9.18 Å². The monoisotopic (exact) mass is 305 g/mol. The number of halogens is 2. The van der Waals surface area contributed by atoms with Gasteiger partial charge in [0.15, 0.2) is 0 Å². The Kier molecular flexibility index (Phi) is 2.18. The summed E-state index contributed by atoms with van der Waals surface area (Å²) in [6, 6.07) is 4.11. The van der Waals surface area contributed by atoms with Crippen molar-refractivity contribution in [2.75, 3.05) is 0 Å². The highest BCUT2D eigenvalue weighted by Gasteiger charge is 2.11. The molecule has 1 aromatic heterocycles. The Balaban J connectivity index is 2.85. The van der Waals surface area contributed by atoms with Gasteiger partial charge in [0, 0.05) is 15.2 Å². The number of nitrogens with zero attached hydrogens (tertiary/aromatic N) is 1. The maximum Gasteiger partial charge on any atom is 0.416 e. The molecule has 1 heterocycles. The summed E-state index contributed by atoms with van der Waals surface area (Å²) in [6.07, 6.45) is 0.357. The fraction of sp³-hybridized carbons (Fsp3) is 0. The van der Waals surface area contributed by atoms with Crippen molar-refractivity contribution in [2.45, 2.75) is 0 Å². The van der Waals surface area contributed by atoms with Crippen molar-refractivity contribution in [1.82, 2.24) is 4.57 Å². The van der Waals surface area contributed by atoms with E-state index in [-0.39, 0.29) is 0 Å². The summed E-state index contributed by atoms with van der Waals surface area (Å²) in [5, 5.41) is 9.57. The van der Waals surface area contributed by atoms with E-state index in [1.807, 2.05) is 22.6 Å². The largest absolute Gasteiger partial charge is 0.464 e.